The predicted molar refractivity (Wildman–Crippen MR) is 86.9 cm³/mol. The Kier molecular flexibility index (Phi) is 4.91. The van der Waals surface area contributed by atoms with E-state index in [9.17, 15) is 14.4 Å². The Morgan fingerprint density at radius 1 is 0.957 bits per heavy atom. The summed E-state index contributed by atoms with van der Waals surface area (Å²) >= 11 is 0. The van der Waals surface area contributed by atoms with E-state index in [0.717, 1.165) is 5.56 Å². The first-order valence-electron chi connectivity index (χ1n) is 7.08. The summed E-state index contributed by atoms with van der Waals surface area (Å²) in [6, 6.07) is 11.6. The summed E-state index contributed by atoms with van der Waals surface area (Å²) in [6.07, 6.45) is 0. The second-order valence-electron chi connectivity index (χ2n) is 5.18. The molecule has 1 N–H and O–H groups in total. The van der Waals surface area contributed by atoms with Gasteiger partial charge in [0.1, 0.15) is 5.75 Å². The summed E-state index contributed by atoms with van der Waals surface area (Å²) in [5.41, 5.74) is 2.20. The van der Waals surface area contributed by atoms with E-state index in [1.54, 1.807) is 18.2 Å². The minimum absolute atomic E-state index is 0.238. The molecule has 0 atom stereocenters. The Morgan fingerprint density at radius 3 is 2.17 bits per heavy atom. The molecule has 5 nitrogen and oxygen atoms in total. The van der Waals surface area contributed by atoms with Gasteiger partial charge in [0.05, 0.1) is 5.69 Å². The molecular formula is C18H17NO4. The first-order valence-corrected chi connectivity index (χ1v) is 7.08. The number of nitrogens with one attached hydrogen (secondary N) is 1. The lowest BCUT2D eigenvalue weighted by Crippen LogP contribution is -2.14. The summed E-state index contributed by atoms with van der Waals surface area (Å²) in [6.45, 7) is 4.60. The van der Waals surface area contributed by atoms with Gasteiger partial charge in [-0.1, -0.05) is 17.7 Å². The highest BCUT2D eigenvalue weighted by Crippen LogP contribution is 2.23. The molecule has 0 aliphatic carbocycles. The van der Waals surface area contributed by atoms with Crippen molar-refractivity contribution in [2.45, 2.75) is 20.8 Å². The number of Topliss-reactive ketones (excluding diaryl/α,β-unsaturated/α-hetero) is 1. The number of amides is 1. The molecule has 23 heavy (non-hydrogen) atoms. The Morgan fingerprint density at radius 2 is 1.61 bits per heavy atom. The molecule has 0 unspecified atom stereocenters. The second-order valence-corrected chi connectivity index (χ2v) is 5.18. The fourth-order valence-electron chi connectivity index (χ4n) is 2.05. The predicted octanol–water partition coefficient (Wildman–Crippen LogP) is 3.38. The van der Waals surface area contributed by atoms with Crippen LogP contribution in [0.5, 0.6) is 5.75 Å². The molecule has 0 saturated carbocycles. The number of benzene rings is 2. The van der Waals surface area contributed by atoms with Gasteiger partial charge in [-0.3, -0.25) is 14.4 Å². The summed E-state index contributed by atoms with van der Waals surface area (Å²) < 4.78 is 4.96. The molecule has 0 saturated heterocycles. The molecule has 2 aromatic rings. The maximum Gasteiger partial charge on any atom is 0.308 e. The first-order chi connectivity index (χ1) is 10.9. The van der Waals surface area contributed by atoms with Crippen LogP contribution >= 0.6 is 0 Å². The van der Waals surface area contributed by atoms with Crippen molar-refractivity contribution in [1.29, 1.82) is 0 Å². The van der Waals surface area contributed by atoms with Crippen molar-refractivity contribution in [3.05, 3.63) is 59.2 Å². The van der Waals surface area contributed by atoms with Crippen LogP contribution in [-0.4, -0.2) is 17.7 Å². The Bertz CT molecular complexity index is 763. The Labute approximate surface area is 134 Å². The van der Waals surface area contributed by atoms with Gasteiger partial charge in [0.25, 0.3) is 5.91 Å². The van der Waals surface area contributed by atoms with Crippen LogP contribution in [0, 0.1) is 6.92 Å². The van der Waals surface area contributed by atoms with E-state index in [-0.39, 0.29) is 23.0 Å². The van der Waals surface area contributed by atoms with Crippen LogP contribution in [0.3, 0.4) is 0 Å². The number of carbonyl (C=O) groups excluding carboxylic acids is 3. The molecule has 0 radical (unpaired) electrons. The zero-order chi connectivity index (χ0) is 17.0. The second kappa shape index (κ2) is 6.87. The number of rotatable bonds is 4. The minimum Gasteiger partial charge on any atom is -0.427 e. The molecule has 0 fully saturated rings. The number of esters is 1. The van der Waals surface area contributed by atoms with Gasteiger partial charge in [-0.2, -0.15) is 0 Å². The summed E-state index contributed by atoms with van der Waals surface area (Å²) in [5.74, 6) is -0.766. The fraction of sp³-hybridized carbons (Fsp3) is 0.167. The SMILES string of the molecule is CC(=O)Oc1ccc(NC(=O)c2ccc(C)cc2)c(C(C)=O)c1. The fourth-order valence-corrected chi connectivity index (χ4v) is 2.05. The third-order valence-corrected chi connectivity index (χ3v) is 3.19. The van der Waals surface area contributed by atoms with Gasteiger partial charge >= 0.3 is 5.97 Å². The van der Waals surface area contributed by atoms with Crippen molar-refractivity contribution in [1.82, 2.24) is 0 Å². The Balaban J connectivity index is 2.28. The van der Waals surface area contributed by atoms with E-state index in [1.807, 2.05) is 19.1 Å². The summed E-state index contributed by atoms with van der Waals surface area (Å²) in [4.78, 5) is 35.0. The van der Waals surface area contributed by atoms with E-state index in [0.29, 0.717) is 11.3 Å². The molecule has 0 heterocycles. The van der Waals surface area contributed by atoms with E-state index in [4.69, 9.17) is 4.74 Å². The van der Waals surface area contributed by atoms with Gasteiger partial charge in [0, 0.05) is 18.1 Å². The summed E-state index contributed by atoms with van der Waals surface area (Å²) in [7, 11) is 0. The Hall–Kier alpha value is -2.95. The van der Waals surface area contributed by atoms with Crippen LogP contribution in [0.25, 0.3) is 0 Å². The van der Waals surface area contributed by atoms with E-state index in [2.05, 4.69) is 5.32 Å². The molecule has 0 bridgehead atoms. The molecule has 0 aliphatic rings. The lowest BCUT2D eigenvalue weighted by atomic mass is 10.1. The van der Waals surface area contributed by atoms with Crippen molar-refractivity contribution in [3.63, 3.8) is 0 Å². The number of aryl methyl sites for hydroxylation is 1. The van der Waals surface area contributed by atoms with Crippen molar-refractivity contribution in [3.8, 4) is 5.75 Å². The van der Waals surface area contributed by atoms with Crippen molar-refractivity contribution < 1.29 is 19.1 Å². The largest absolute Gasteiger partial charge is 0.427 e. The smallest absolute Gasteiger partial charge is 0.308 e. The number of ketones is 1. The van der Waals surface area contributed by atoms with Crippen LogP contribution in [-0.2, 0) is 4.79 Å². The van der Waals surface area contributed by atoms with Crippen LogP contribution in [0.2, 0.25) is 0 Å². The first kappa shape index (κ1) is 16.4. The lowest BCUT2D eigenvalue weighted by Gasteiger charge is -2.11. The quantitative estimate of drug-likeness (QED) is 0.534. The standard InChI is InChI=1S/C18H17NO4/c1-11-4-6-14(7-5-11)18(22)19-17-9-8-15(23-13(3)21)10-16(17)12(2)20/h4-10H,1-3H3,(H,19,22). The average molecular weight is 311 g/mol. The van der Waals surface area contributed by atoms with E-state index in [1.165, 1.54) is 26.0 Å². The van der Waals surface area contributed by atoms with Crippen molar-refractivity contribution >= 4 is 23.3 Å². The van der Waals surface area contributed by atoms with Crippen molar-refractivity contribution in [2.75, 3.05) is 5.32 Å². The monoisotopic (exact) mass is 311 g/mol. The molecule has 0 spiro atoms. The zero-order valence-corrected chi connectivity index (χ0v) is 13.2. The van der Waals surface area contributed by atoms with Gasteiger partial charge in [-0.05, 0) is 44.2 Å². The highest BCUT2D eigenvalue weighted by molar-refractivity contribution is 6.09. The lowest BCUT2D eigenvalue weighted by molar-refractivity contribution is -0.131. The van der Waals surface area contributed by atoms with Gasteiger partial charge < -0.3 is 10.1 Å². The number of hydrogen-bond acceptors (Lipinski definition) is 4. The zero-order valence-electron chi connectivity index (χ0n) is 13.2. The van der Waals surface area contributed by atoms with Crippen LogP contribution in [0.4, 0.5) is 5.69 Å². The van der Waals surface area contributed by atoms with Gasteiger partial charge in [-0.15, -0.1) is 0 Å². The molecule has 0 aliphatic heterocycles. The maximum atomic E-state index is 12.3. The normalized spacial score (nSPS) is 10.0. The topological polar surface area (TPSA) is 72.5 Å². The van der Waals surface area contributed by atoms with Gasteiger partial charge in [0.15, 0.2) is 5.78 Å². The molecule has 1 amide bonds. The molecule has 2 aromatic carbocycles. The minimum atomic E-state index is -0.476. The molecule has 118 valence electrons. The molecule has 2 rings (SSSR count). The van der Waals surface area contributed by atoms with Gasteiger partial charge in [0.2, 0.25) is 0 Å². The number of anilines is 1. The highest BCUT2D eigenvalue weighted by Gasteiger charge is 2.13. The van der Waals surface area contributed by atoms with Crippen LogP contribution in [0.15, 0.2) is 42.5 Å². The van der Waals surface area contributed by atoms with Crippen LogP contribution < -0.4 is 10.1 Å². The third kappa shape index (κ3) is 4.26. The van der Waals surface area contributed by atoms with E-state index >= 15 is 0 Å². The van der Waals surface area contributed by atoms with Crippen LogP contribution in [0.1, 0.15) is 40.1 Å². The number of hydrogen-bond donors (Lipinski definition) is 1. The van der Waals surface area contributed by atoms with Gasteiger partial charge in [-0.25, -0.2) is 0 Å². The molecule has 0 aromatic heterocycles. The third-order valence-electron chi connectivity index (χ3n) is 3.19. The maximum absolute atomic E-state index is 12.3. The molecule has 5 heteroatoms. The highest BCUT2D eigenvalue weighted by atomic mass is 16.5. The number of ether oxygens (including phenoxy) is 1. The summed E-state index contributed by atoms with van der Waals surface area (Å²) in [5, 5.41) is 2.71. The van der Waals surface area contributed by atoms with Crippen molar-refractivity contribution in [2.24, 2.45) is 0 Å². The average Bonchev–Trinajstić information content (AvgIpc) is 2.48. The number of carbonyl (C=O) groups is 3. The van der Waals surface area contributed by atoms with E-state index < -0.39 is 5.97 Å². The molecular weight excluding hydrogens is 294 g/mol.